The van der Waals surface area contributed by atoms with Crippen LogP contribution in [0.3, 0.4) is 0 Å². The molecule has 2 heterocycles. The van der Waals surface area contributed by atoms with Crippen LogP contribution in [0.25, 0.3) is 0 Å². The highest BCUT2D eigenvalue weighted by Gasteiger charge is 2.50. The van der Waals surface area contributed by atoms with Crippen LogP contribution >= 0.6 is 0 Å². The number of piperazine rings is 1. The quantitative estimate of drug-likeness (QED) is 0.678. The minimum Gasteiger partial charge on any atom is -0.305 e. The van der Waals surface area contributed by atoms with E-state index in [-0.39, 0.29) is 0 Å². The second-order valence-electron chi connectivity index (χ2n) is 6.55. The van der Waals surface area contributed by atoms with Crippen molar-refractivity contribution in [1.29, 1.82) is 0 Å². The number of hydrogen-bond donors (Lipinski definition) is 0. The van der Waals surface area contributed by atoms with Gasteiger partial charge in [-0.25, -0.2) is 0 Å². The highest BCUT2D eigenvalue weighted by Crippen LogP contribution is 2.51. The summed E-state index contributed by atoms with van der Waals surface area (Å²) >= 11 is 0. The lowest BCUT2D eigenvalue weighted by molar-refractivity contribution is -0.0903. The van der Waals surface area contributed by atoms with E-state index in [0.717, 1.165) is 11.3 Å². The molecule has 0 aromatic rings. The molecule has 3 rings (SSSR count). The van der Waals surface area contributed by atoms with Crippen molar-refractivity contribution in [2.24, 2.45) is 11.3 Å². The van der Waals surface area contributed by atoms with E-state index >= 15 is 0 Å². The first-order valence-electron chi connectivity index (χ1n) is 6.75. The van der Waals surface area contributed by atoms with Crippen LogP contribution in [0.4, 0.5) is 0 Å². The second kappa shape index (κ2) is 3.97. The monoisotopic (exact) mass is 223 g/mol. The van der Waals surface area contributed by atoms with Gasteiger partial charge in [-0.1, -0.05) is 0 Å². The van der Waals surface area contributed by atoms with Crippen LogP contribution in [0, 0.1) is 11.3 Å². The van der Waals surface area contributed by atoms with Gasteiger partial charge in [-0.2, -0.15) is 0 Å². The van der Waals surface area contributed by atoms with Crippen LogP contribution in [-0.4, -0.2) is 74.6 Å². The van der Waals surface area contributed by atoms with Crippen LogP contribution < -0.4 is 0 Å². The summed E-state index contributed by atoms with van der Waals surface area (Å²) in [6.07, 6.45) is 3.01. The van der Waals surface area contributed by atoms with Gasteiger partial charge in [-0.3, -0.25) is 0 Å². The van der Waals surface area contributed by atoms with Gasteiger partial charge in [0.15, 0.2) is 0 Å². The van der Waals surface area contributed by atoms with E-state index in [4.69, 9.17) is 0 Å². The van der Waals surface area contributed by atoms with Crippen molar-refractivity contribution in [3.8, 4) is 0 Å². The van der Waals surface area contributed by atoms with E-state index < -0.39 is 0 Å². The first-order valence-corrected chi connectivity index (χ1v) is 6.75. The number of likely N-dealkylation sites (tertiary alicyclic amines) is 1. The minimum atomic E-state index is 0.770. The van der Waals surface area contributed by atoms with Crippen LogP contribution in [0.2, 0.25) is 0 Å². The Kier molecular flexibility index (Phi) is 2.73. The smallest absolute Gasteiger partial charge is 0.0110 e. The minimum absolute atomic E-state index is 0.770. The van der Waals surface area contributed by atoms with Crippen LogP contribution in [0.5, 0.6) is 0 Å². The van der Waals surface area contributed by atoms with Crippen molar-refractivity contribution in [2.45, 2.75) is 12.8 Å². The molecule has 16 heavy (non-hydrogen) atoms. The number of nitrogens with zero attached hydrogens (tertiary/aromatic N) is 3. The fourth-order valence-corrected chi connectivity index (χ4v) is 4.05. The lowest BCUT2D eigenvalue weighted by atomic mass is 9.58. The van der Waals surface area contributed by atoms with Crippen molar-refractivity contribution in [2.75, 3.05) is 59.9 Å². The van der Waals surface area contributed by atoms with Gasteiger partial charge < -0.3 is 14.7 Å². The van der Waals surface area contributed by atoms with Crippen molar-refractivity contribution < 1.29 is 0 Å². The average Bonchev–Trinajstić information content (AvgIpc) is 2.16. The molecule has 3 nitrogen and oxygen atoms in total. The first-order chi connectivity index (χ1) is 7.65. The van der Waals surface area contributed by atoms with E-state index in [9.17, 15) is 0 Å². The Balaban J connectivity index is 1.38. The Morgan fingerprint density at radius 1 is 0.938 bits per heavy atom. The third-order valence-corrected chi connectivity index (χ3v) is 4.77. The zero-order chi connectivity index (χ0) is 11.2. The SMILES string of the molecule is CN1CCN(CC2CC3(C2)CN(C)C3)CC1. The second-order valence-corrected chi connectivity index (χ2v) is 6.55. The lowest BCUT2D eigenvalue weighted by Gasteiger charge is -2.59. The molecule has 1 spiro atoms. The van der Waals surface area contributed by atoms with Crippen molar-refractivity contribution in [3.05, 3.63) is 0 Å². The molecule has 0 bridgehead atoms. The van der Waals surface area contributed by atoms with Gasteiger partial charge >= 0.3 is 0 Å². The summed E-state index contributed by atoms with van der Waals surface area (Å²) < 4.78 is 0. The largest absolute Gasteiger partial charge is 0.305 e. The maximum atomic E-state index is 2.68. The van der Waals surface area contributed by atoms with Crippen LogP contribution in [0.15, 0.2) is 0 Å². The Morgan fingerprint density at radius 3 is 2.12 bits per heavy atom. The summed E-state index contributed by atoms with van der Waals surface area (Å²) in [6.45, 7) is 9.22. The molecular formula is C13H25N3. The molecule has 1 aliphatic carbocycles. The topological polar surface area (TPSA) is 9.72 Å². The normalized spacial score (nSPS) is 32.6. The average molecular weight is 223 g/mol. The molecule has 0 atom stereocenters. The fourth-order valence-electron chi connectivity index (χ4n) is 4.05. The van der Waals surface area contributed by atoms with Gasteiger partial charge in [0.25, 0.3) is 0 Å². The zero-order valence-electron chi connectivity index (χ0n) is 10.8. The Labute approximate surface area is 99.4 Å². The maximum Gasteiger partial charge on any atom is 0.0110 e. The Hall–Kier alpha value is -0.120. The van der Waals surface area contributed by atoms with Gasteiger partial charge in [-0.15, -0.1) is 0 Å². The molecule has 2 saturated heterocycles. The van der Waals surface area contributed by atoms with Crippen molar-refractivity contribution >= 4 is 0 Å². The fraction of sp³-hybridized carbons (Fsp3) is 1.00. The molecule has 1 saturated carbocycles. The van der Waals surface area contributed by atoms with E-state index in [0.29, 0.717) is 0 Å². The predicted octanol–water partition coefficient (Wildman–Crippen LogP) is 0.576. The first kappa shape index (κ1) is 11.0. The lowest BCUT2D eigenvalue weighted by Crippen LogP contribution is -2.62. The Bertz CT molecular complexity index is 244. The summed E-state index contributed by atoms with van der Waals surface area (Å²) in [7, 11) is 4.49. The maximum absolute atomic E-state index is 2.68. The van der Waals surface area contributed by atoms with E-state index in [2.05, 4.69) is 28.8 Å². The van der Waals surface area contributed by atoms with Crippen molar-refractivity contribution in [3.63, 3.8) is 0 Å². The number of hydrogen-bond acceptors (Lipinski definition) is 3. The van der Waals surface area contributed by atoms with E-state index in [1.807, 2.05) is 0 Å². The molecule has 0 N–H and O–H groups in total. The summed E-state index contributed by atoms with van der Waals surface area (Å²) in [4.78, 5) is 7.59. The molecule has 3 fully saturated rings. The summed E-state index contributed by atoms with van der Waals surface area (Å²) in [6, 6.07) is 0. The van der Waals surface area contributed by atoms with E-state index in [1.165, 1.54) is 58.7 Å². The van der Waals surface area contributed by atoms with Gasteiger partial charge in [0.05, 0.1) is 0 Å². The molecule has 3 aliphatic rings. The molecule has 3 heteroatoms. The summed E-state index contributed by atoms with van der Waals surface area (Å²) in [5.74, 6) is 1.01. The van der Waals surface area contributed by atoms with Crippen molar-refractivity contribution in [1.82, 2.24) is 14.7 Å². The summed E-state index contributed by atoms with van der Waals surface area (Å²) in [5.41, 5.74) is 0.770. The zero-order valence-corrected chi connectivity index (χ0v) is 10.8. The molecule has 0 amide bonds. The predicted molar refractivity (Wildman–Crippen MR) is 66.6 cm³/mol. The molecule has 92 valence electrons. The number of rotatable bonds is 2. The molecule has 0 aromatic carbocycles. The molecular weight excluding hydrogens is 198 g/mol. The van der Waals surface area contributed by atoms with Gasteiger partial charge in [0.1, 0.15) is 0 Å². The number of likely N-dealkylation sites (N-methyl/N-ethyl adjacent to an activating group) is 1. The Morgan fingerprint density at radius 2 is 1.56 bits per heavy atom. The van der Waals surface area contributed by atoms with Gasteiger partial charge in [-0.05, 0) is 38.3 Å². The van der Waals surface area contributed by atoms with E-state index in [1.54, 1.807) is 0 Å². The molecule has 0 radical (unpaired) electrons. The van der Waals surface area contributed by atoms with Crippen LogP contribution in [0.1, 0.15) is 12.8 Å². The summed E-state index contributed by atoms with van der Waals surface area (Å²) in [5, 5.41) is 0. The van der Waals surface area contributed by atoms with Gasteiger partial charge in [0.2, 0.25) is 0 Å². The molecule has 0 unspecified atom stereocenters. The molecule has 2 aliphatic heterocycles. The van der Waals surface area contributed by atoms with Crippen LogP contribution in [-0.2, 0) is 0 Å². The molecule has 0 aromatic heterocycles. The van der Waals surface area contributed by atoms with Gasteiger partial charge in [0, 0.05) is 45.8 Å². The third kappa shape index (κ3) is 2.01. The third-order valence-electron chi connectivity index (χ3n) is 4.77. The highest BCUT2D eigenvalue weighted by molar-refractivity contribution is 5.03. The highest BCUT2D eigenvalue weighted by atomic mass is 15.2. The standard InChI is InChI=1S/C13H25N3/c1-14-3-5-16(6-4-14)9-12-7-13(8-12)10-15(2)11-13/h12H,3-11H2,1-2H3.